The lowest BCUT2D eigenvalue weighted by molar-refractivity contribution is -0.113. The van der Waals surface area contributed by atoms with Crippen LogP contribution in [0, 0.1) is 0 Å². The summed E-state index contributed by atoms with van der Waals surface area (Å²) in [4.78, 5) is 5.86. The van der Waals surface area contributed by atoms with Crippen molar-refractivity contribution in [2.45, 2.75) is 29.0 Å². The lowest BCUT2D eigenvalue weighted by Gasteiger charge is -2.17. The van der Waals surface area contributed by atoms with Crippen LogP contribution in [0.25, 0.3) is 0 Å². The molecule has 2 saturated heterocycles. The molecule has 17 heavy (non-hydrogen) atoms. The zero-order chi connectivity index (χ0) is 11.9. The van der Waals surface area contributed by atoms with Gasteiger partial charge in [0.15, 0.2) is 9.84 Å². The number of hydroxylamine groups is 2. The van der Waals surface area contributed by atoms with Gasteiger partial charge in [0.2, 0.25) is 0 Å². The molecule has 0 amide bonds. The molecule has 0 N–H and O–H groups in total. The largest absolute Gasteiger partial charge is 0.297 e. The van der Waals surface area contributed by atoms with Crippen molar-refractivity contribution < 1.29 is 13.3 Å². The van der Waals surface area contributed by atoms with Gasteiger partial charge in [-0.2, -0.15) is 5.06 Å². The number of benzene rings is 1. The summed E-state index contributed by atoms with van der Waals surface area (Å²) in [5.41, 5.74) is 0. The molecule has 0 aromatic heterocycles. The fraction of sp³-hybridized carbons (Fsp3) is 0.500. The molecule has 4 nitrogen and oxygen atoms in total. The average Bonchev–Trinajstić information content (AvgIpc) is 2.91. The third kappa shape index (κ3) is 1.78. The first kappa shape index (κ1) is 11.2. The van der Waals surface area contributed by atoms with Gasteiger partial charge >= 0.3 is 0 Å². The van der Waals surface area contributed by atoms with Crippen molar-refractivity contribution in [1.82, 2.24) is 5.06 Å². The summed E-state index contributed by atoms with van der Waals surface area (Å²) in [7, 11) is -3.26. The number of rotatable bonds is 2. The Labute approximate surface area is 101 Å². The molecule has 2 fully saturated rings. The van der Waals surface area contributed by atoms with Gasteiger partial charge in [-0.3, -0.25) is 4.84 Å². The van der Waals surface area contributed by atoms with E-state index < -0.39 is 15.1 Å². The van der Waals surface area contributed by atoms with Crippen molar-refractivity contribution in [1.29, 1.82) is 0 Å². The van der Waals surface area contributed by atoms with Crippen molar-refractivity contribution in [2.75, 3.05) is 13.2 Å². The van der Waals surface area contributed by atoms with E-state index in [4.69, 9.17) is 4.84 Å². The number of hydrogen-bond donors (Lipinski definition) is 0. The van der Waals surface area contributed by atoms with E-state index in [0.29, 0.717) is 11.5 Å². The molecule has 0 unspecified atom stereocenters. The highest BCUT2D eigenvalue weighted by Gasteiger charge is 2.46. The van der Waals surface area contributed by atoms with Gasteiger partial charge in [-0.1, -0.05) is 18.2 Å². The molecule has 5 heteroatoms. The molecule has 0 spiro atoms. The molecule has 0 radical (unpaired) electrons. The quantitative estimate of drug-likeness (QED) is 0.795. The van der Waals surface area contributed by atoms with Crippen LogP contribution in [0.2, 0.25) is 0 Å². The number of sulfone groups is 1. The molecule has 0 aliphatic carbocycles. The second kappa shape index (κ2) is 4.08. The average molecular weight is 253 g/mol. The van der Waals surface area contributed by atoms with Crippen LogP contribution in [0.15, 0.2) is 35.2 Å². The topological polar surface area (TPSA) is 46.6 Å². The molecular formula is C12H15NO3S. The normalized spacial score (nSPS) is 29.4. The summed E-state index contributed by atoms with van der Waals surface area (Å²) >= 11 is 0. The Morgan fingerprint density at radius 2 is 2.00 bits per heavy atom. The monoisotopic (exact) mass is 253 g/mol. The van der Waals surface area contributed by atoms with E-state index in [-0.39, 0.29) is 6.04 Å². The van der Waals surface area contributed by atoms with E-state index in [9.17, 15) is 8.42 Å². The zero-order valence-corrected chi connectivity index (χ0v) is 10.3. The number of fused-ring (bicyclic) bond motifs is 1. The minimum Gasteiger partial charge on any atom is -0.297 e. The predicted octanol–water partition coefficient (Wildman–Crippen LogP) is 1.24. The second-order valence-corrected chi connectivity index (χ2v) is 6.71. The number of nitrogens with zero attached hydrogens (tertiary/aromatic N) is 1. The third-order valence-electron chi connectivity index (χ3n) is 3.55. The van der Waals surface area contributed by atoms with E-state index in [1.807, 2.05) is 11.1 Å². The van der Waals surface area contributed by atoms with Crippen LogP contribution >= 0.6 is 0 Å². The fourth-order valence-corrected chi connectivity index (χ4v) is 4.47. The van der Waals surface area contributed by atoms with Gasteiger partial charge < -0.3 is 0 Å². The Morgan fingerprint density at radius 1 is 1.24 bits per heavy atom. The predicted molar refractivity (Wildman–Crippen MR) is 63.1 cm³/mol. The Morgan fingerprint density at radius 3 is 2.76 bits per heavy atom. The Bertz CT molecular complexity index is 500. The summed E-state index contributed by atoms with van der Waals surface area (Å²) in [6, 6.07) is 8.70. The lowest BCUT2D eigenvalue weighted by Crippen LogP contribution is -2.35. The summed E-state index contributed by atoms with van der Waals surface area (Å²) in [6.45, 7) is 1.15. The van der Waals surface area contributed by atoms with E-state index in [1.54, 1.807) is 24.3 Å². The van der Waals surface area contributed by atoms with Crippen LogP contribution in [0.4, 0.5) is 0 Å². The first-order chi connectivity index (χ1) is 8.19. The molecule has 0 saturated carbocycles. The van der Waals surface area contributed by atoms with Gasteiger partial charge in [-0.05, 0) is 25.0 Å². The van der Waals surface area contributed by atoms with Crippen molar-refractivity contribution in [2.24, 2.45) is 0 Å². The summed E-state index contributed by atoms with van der Waals surface area (Å²) < 4.78 is 24.9. The molecule has 3 rings (SSSR count). The van der Waals surface area contributed by atoms with Crippen molar-refractivity contribution in [3.63, 3.8) is 0 Å². The Kier molecular flexibility index (Phi) is 2.69. The maximum Gasteiger partial charge on any atom is 0.185 e. The van der Waals surface area contributed by atoms with E-state index in [2.05, 4.69) is 0 Å². The smallest absolute Gasteiger partial charge is 0.185 e. The van der Waals surface area contributed by atoms with Gasteiger partial charge in [0.1, 0.15) is 5.25 Å². The molecular weight excluding hydrogens is 238 g/mol. The Balaban J connectivity index is 1.94. The van der Waals surface area contributed by atoms with E-state index in [0.717, 1.165) is 19.4 Å². The van der Waals surface area contributed by atoms with Crippen molar-refractivity contribution >= 4 is 9.84 Å². The van der Waals surface area contributed by atoms with Gasteiger partial charge in [0.05, 0.1) is 17.5 Å². The van der Waals surface area contributed by atoms with Crippen LogP contribution in [0.3, 0.4) is 0 Å². The van der Waals surface area contributed by atoms with Gasteiger partial charge in [-0.25, -0.2) is 8.42 Å². The minimum absolute atomic E-state index is 0.0419. The molecule has 2 aliphatic heterocycles. The van der Waals surface area contributed by atoms with Crippen LogP contribution in [0.1, 0.15) is 12.8 Å². The highest BCUT2D eigenvalue weighted by molar-refractivity contribution is 7.92. The maximum absolute atomic E-state index is 12.5. The molecule has 1 aromatic carbocycles. The highest BCUT2D eigenvalue weighted by atomic mass is 32.2. The first-order valence-corrected chi connectivity index (χ1v) is 7.43. The van der Waals surface area contributed by atoms with Gasteiger partial charge in [0, 0.05) is 6.54 Å². The van der Waals surface area contributed by atoms with Crippen LogP contribution < -0.4 is 0 Å². The zero-order valence-electron chi connectivity index (χ0n) is 9.45. The number of hydrogen-bond acceptors (Lipinski definition) is 4. The summed E-state index contributed by atoms with van der Waals surface area (Å²) in [5, 5.41) is 1.43. The SMILES string of the molecule is O=S(=O)(c1ccccc1)[C@@H]1CON2CCC[C@H]12. The molecule has 2 atom stereocenters. The summed E-state index contributed by atoms with van der Waals surface area (Å²) in [6.07, 6.45) is 1.93. The highest BCUT2D eigenvalue weighted by Crippen LogP contribution is 2.33. The third-order valence-corrected chi connectivity index (χ3v) is 5.73. The van der Waals surface area contributed by atoms with Gasteiger partial charge in [-0.15, -0.1) is 0 Å². The molecule has 0 bridgehead atoms. The lowest BCUT2D eigenvalue weighted by atomic mass is 10.2. The molecule has 92 valence electrons. The fourth-order valence-electron chi connectivity index (χ4n) is 2.66. The van der Waals surface area contributed by atoms with Crippen molar-refractivity contribution in [3.8, 4) is 0 Å². The minimum atomic E-state index is -3.26. The van der Waals surface area contributed by atoms with Gasteiger partial charge in [0.25, 0.3) is 0 Å². The first-order valence-electron chi connectivity index (χ1n) is 5.88. The van der Waals surface area contributed by atoms with E-state index >= 15 is 0 Å². The Hall–Kier alpha value is -0.910. The summed E-state index contributed by atoms with van der Waals surface area (Å²) in [5.74, 6) is 0. The van der Waals surface area contributed by atoms with Crippen LogP contribution in [0.5, 0.6) is 0 Å². The maximum atomic E-state index is 12.5. The standard InChI is InChI=1S/C12H15NO3S/c14-17(15,10-5-2-1-3-6-10)12-9-16-13-8-4-7-11(12)13/h1-3,5-6,11-12H,4,7-9H2/t11-,12-/m1/s1. The van der Waals surface area contributed by atoms with Crippen molar-refractivity contribution in [3.05, 3.63) is 30.3 Å². The van der Waals surface area contributed by atoms with Crippen LogP contribution in [-0.2, 0) is 14.7 Å². The molecule has 1 aromatic rings. The van der Waals surface area contributed by atoms with Crippen LogP contribution in [-0.4, -0.2) is 37.9 Å². The molecule has 2 heterocycles. The second-order valence-electron chi connectivity index (χ2n) is 4.54. The van der Waals surface area contributed by atoms with E-state index in [1.165, 1.54) is 0 Å². The molecule has 2 aliphatic rings.